The Morgan fingerprint density at radius 1 is 1.32 bits per heavy atom. The number of aryl methyl sites for hydroxylation is 2. The summed E-state index contributed by atoms with van der Waals surface area (Å²) in [6.07, 6.45) is 1.24. The summed E-state index contributed by atoms with van der Waals surface area (Å²) in [4.78, 5) is 22.4. The van der Waals surface area contributed by atoms with Crippen molar-refractivity contribution in [3.8, 4) is 0 Å². The molecule has 116 valence electrons. The first-order chi connectivity index (χ1) is 10.7. The van der Waals surface area contributed by atoms with Gasteiger partial charge in [-0.2, -0.15) is 0 Å². The number of carbonyl (C=O) groups is 1. The zero-order valence-electron chi connectivity index (χ0n) is 12.9. The fraction of sp³-hybridized carbons (Fsp3) is 0.529. The number of H-pyrrole nitrogens is 1. The molecule has 2 aliphatic rings. The number of imidazole rings is 1. The highest BCUT2D eigenvalue weighted by atomic mass is 16.2. The van der Waals surface area contributed by atoms with E-state index in [1.807, 2.05) is 17.0 Å². The van der Waals surface area contributed by atoms with Crippen molar-refractivity contribution < 1.29 is 4.79 Å². The second kappa shape index (κ2) is 5.39. The fourth-order valence-electron chi connectivity index (χ4n) is 3.79. The number of aromatic amines is 1. The largest absolute Gasteiger partial charge is 0.342 e. The third kappa shape index (κ3) is 2.39. The highest BCUT2D eigenvalue weighted by molar-refractivity contribution is 5.79. The van der Waals surface area contributed by atoms with Crippen LogP contribution in [0.4, 0.5) is 0 Å². The van der Waals surface area contributed by atoms with Crippen molar-refractivity contribution in [1.29, 1.82) is 0 Å². The molecule has 0 aliphatic carbocycles. The molecule has 5 nitrogen and oxygen atoms in total. The van der Waals surface area contributed by atoms with E-state index >= 15 is 0 Å². The average molecular weight is 298 g/mol. The van der Waals surface area contributed by atoms with E-state index in [2.05, 4.69) is 28.3 Å². The van der Waals surface area contributed by atoms with Crippen LogP contribution in [0.1, 0.15) is 17.8 Å². The van der Waals surface area contributed by atoms with E-state index in [1.54, 1.807) is 0 Å². The molecule has 2 fully saturated rings. The molecule has 1 aromatic heterocycles. The Balaban J connectivity index is 1.39. The van der Waals surface area contributed by atoms with Gasteiger partial charge in [0.15, 0.2) is 0 Å². The number of likely N-dealkylation sites (tertiary alicyclic amines) is 1. The average Bonchev–Trinajstić information content (AvgIpc) is 3.18. The molecule has 22 heavy (non-hydrogen) atoms. The quantitative estimate of drug-likeness (QED) is 0.902. The van der Waals surface area contributed by atoms with Gasteiger partial charge in [0.1, 0.15) is 5.82 Å². The third-order valence-corrected chi connectivity index (χ3v) is 5.08. The van der Waals surface area contributed by atoms with Crippen molar-refractivity contribution in [2.24, 2.45) is 11.8 Å². The highest BCUT2D eigenvalue weighted by Crippen LogP contribution is 2.26. The summed E-state index contributed by atoms with van der Waals surface area (Å²) in [5, 5.41) is 3.41. The summed E-state index contributed by atoms with van der Waals surface area (Å²) in [5.74, 6) is 2.51. The normalized spacial score (nSPS) is 24.1. The van der Waals surface area contributed by atoms with E-state index in [9.17, 15) is 4.79 Å². The van der Waals surface area contributed by atoms with Crippen molar-refractivity contribution in [2.75, 3.05) is 26.2 Å². The number of hydrogen-bond donors (Lipinski definition) is 2. The van der Waals surface area contributed by atoms with Gasteiger partial charge in [0, 0.05) is 39.0 Å². The van der Waals surface area contributed by atoms with Crippen LogP contribution in [0.25, 0.3) is 11.0 Å². The number of nitrogens with zero attached hydrogens (tertiary/aromatic N) is 2. The van der Waals surface area contributed by atoms with Crippen LogP contribution in [0.3, 0.4) is 0 Å². The second-order valence-corrected chi connectivity index (χ2v) is 6.63. The van der Waals surface area contributed by atoms with E-state index in [0.717, 1.165) is 43.0 Å². The zero-order valence-corrected chi connectivity index (χ0v) is 12.9. The zero-order chi connectivity index (χ0) is 15.1. The van der Waals surface area contributed by atoms with E-state index < -0.39 is 0 Å². The highest BCUT2D eigenvalue weighted by Gasteiger charge is 2.37. The minimum absolute atomic E-state index is 0.270. The topological polar surface area (TPSA) is 61.0 Å². The fourth-order valence-corrected chi connectivity index (χ4v) is 3.79. The molecule has 1 aromatic carbocycles. The molecule has 2 saturated heterocycles. The number of para-hydroxylation sites is 1. The minimum atomic E-state index is 0.270. The lowest BCUT2D eigenvalue weighted by Crippen LogP contribution is -2.32. The molecule has 0 spiro atoms. The Kier molecular flexibility index (Phi) is 3.37. The lowest BCUT2D eigenvalue weighted by Gasteiger charge is -2.17. The Morgan fingerprint density at radius 2 is 2.09 bits per heavy atom. The summed E-state index contributed by atoms with van der Waals surface area (Å²) < 4.78 is 0. The summed E-state index contributed by atoms with van der Waals surface area (Å²) in [6.45, 7) is 6.05. The Morgan fingerprint density at radius 3 is 2.82 bits per heavy atom. The van der Waals surface area contributed by atoms with Gasteiger partial charge in [-0.05, 0) is 30.4 Å². The van der Waals surface area contributed by atoms with E-state index in [4.69, 9.17) is 0 Å². The van der Waals surface area contributed by atoms with Crippen LogP contribution in [0.15, 0.2) is 18.2 Å². The molecule has 3 heterocycles. The SMILES string of the molecule is Cc1cccc2[nH]c(CCC(=O)N3C[C@H]4CNC[C@H]4C3)nc12. The summed E-state index contributed by atoms with van der Waals surface area (Å²) in [7, 11) is 0. The maximum atomic E-state index is 12.4. The van der Waals surface area contributed by atoms with Gasteiger partial charge in [-0.25, -0.2) is 4.98 Å². The van der Waals surface area contributed by atoms with Gasteiger partial charge in [-0.3, -0.25) is 4.79 Å². The van der Waals surface area contributed by atoms with Crippen molar-refractivity contribution in [3.05, 3.63) is 29.6 Å². The van der Waals surface area contributed by atoms with Gasteiger partial charge in [-0.1, -0.05) is 12.1 Å². The maximum absolute atomic E-state index is 12.4. The molecule has 1 amide bonds. The predicted molar refractivity (Wildman–Crippen MR) is 85.6 cm³/mol. The molecule has 5 heteroatoms. The Labute approximate surface area is 130 Å². The molecule has 2 aromatic rings. The van der Waals surface area contributed by atoms with Crippen LogP contribution < -0.4 is 5.32 Å². The molecule has 2 aliphatic heterocycles. The summed E-state index contributed by atoms with van der Waals surface area (Å²) >= 11 is 0. The van der Waals surface area contributed by atoms with E-state index in [-0.39, 0.29) is 5.91 Å². The second-order valence-electron chi connectivity index (χ2n) is 6.63. The first kappa shape index (κ1) is 13.8. The molecule has 2 N–H and O–H groups in total. The summed E-state index contributed by atoms with van der Waals surface area (Å²) in [5.41, 5.74) is 3.25. The van der Waals surface area contributed by atoms with Crippen LogP contribution in [0, 0.1) is 18.8 Å². The molecule has 0 saturated carbocycles. The van der Waals surface area contributed by atoms with Gasteiger partial charge in [0.25, 0.3) is 0 Å². The van der Waals surface area contributed by atoms with Crippen LogP contribution in [-0.2, 0) is 11.2 Å². The predicted octanol–water partition coefficient (Wildman–Crippen LogP) is 1.48. The Hall–Kier alpha value is -1.88. The van der Waals surface area contributed by atoms with Crippen molar-refractivity contribution >= 4 is 16.9 Å². The Bertz CT molecular complexity index is 696. The summed E-state index contributed by atoms with van der Waals surface area (Å²) in [6, 6.07) is 6.13. The number of rotatable bonds is 3. The van der Waals surface area contributed by atoms with Gasteiger partial charge < -0.3 is 15.2 Å². The molecule has 0 unspecified atom stereocenters. The lowest BCUT2D eigenvalue weighted by molar-refractivity contribution is -0.130. The standard InChI is InChI=1S/C17H22N4O/c1-11-3-2-4-14-17(11)20-15(19-14)5-6-16(22)21-9-12-7-18-8-13(12)10-21/h2-4,12-13,18H,5-10H2,1H3,(H,19,20)/t12-,13+. The van der Waals surface area contributed by atoms with Crippen molar-refractivity contribution in [1.82, 2.24) is 20.2 Å². The van der Waals surface area contributed by atoms with Gasteiger partial charge in [0.2, 0.25) is 5.91 Å². The number of amides is 1. The molecule has 0 radical (unpaired) electrons. The number of carbonyl (C=O) groups excluding carboxylic acids is 1. The van der Waals surface area contributed by atoms with Crippen molar-refractivity contribution in [2.45, 2.75) is 19.8 Å². The van der Waals surface area contributed by atoms with Crippen LogP contribution >= 0.6 is 0 Å². The number of nitrogens with one attached hydrogen (secondary N) is 2. The molecule has 0 bridgehead atoms. The third-order valence-electron chi connectivity index (χ3n) is 5.08. The first-order valence-corrected chi connectivity index (χ1v) is 8.13. The van der Waals surface area contributed by atoms with Crippen molar-refractivity contribution in [3.63, 3.8) is 0 Å². The van der Waals surface area contributed by atoms with Crippen LogP contribution in [0.2, 0.25) is 0 Å². The molecular formula is C17H22N4O. The first-order valence-electron chi connectivity index (χ1n) is 8.13. The monoisotopic (exact) mass is 298 g/mol. The van der Waals surface area contributed by atoms with E-state index in [1.165, 1.54) is 5.56 Å². The lowest BCUT2D eigenvalue weighted by atomic mass is 10.0. The number of hydrogen-bond acceptors (Lipinski definition) is 3. The smallest absolute Gasteiger partial charge is 0.223 e. The van der Waals surface area contributed by atoms with Crippen LogP contribution in [-0.4, -0.2) is 47.0 Å². The van der Waals surface area contributed by atoms with E-state index in [0.29, 0.717) is 24.7 Å². The number of aromatic nitrogens is 2. The maximum Gasteiger partial charge on any atom is 0.223 e. The molecule has 4 rings (SSSR count). The minimum Gasteiger partial charge on any atom is -0.342 e. The van der Waals surface area contributed by atoms with Gasteiger partial charge >= 0.3 is 0 Å². The van der Waals surface area contributed by atoms with Gasteiger partial charge in [-0.15, -0.1) is 0 Å². The molecular weight excluding hydrogens is 276 g/mol. The van der Waals surface area contributed by atoms with Gasteiger partial charge in [0.05, 0.1) is 11.0 Å². The molecule has 2 atom stereocenters. The van der Waals surface area contributed by atoms with Crippen LogP contribution in [0.5, 0.6) is 0 Å². The number of fused-ring (bicyclic) bond motifs is 2. The number of benzene rings is 1.